The molecule has 0 aromatic heterocycles. The van der Waals surface area contributed by atoms with Gasteiger partial charge in [0.2, 0.25) is 0 Å². The summed E-state index contributed by atoms with van der Waals surface area (Å²) in [7, 11) is 1.58. The third kappa shape index (κ3) is 10.0. The second-order valence-corrected chi connectivity index (χ2v) is 17.0. The molecule has 7 aliphatic heterocycles. The van der Waals surface area contributed by atoms with Crippen LogP contribution >= 0.6 is 12.6 Å². The largest absolute Gasteiger partial charge is 0.394 e. The number of hydrogen-bond donors (Lipinski definition) is 5. The number of aliphatic hydroxyl groups excluding tert-OH is 4. The summed E-state index contributed by atoms with van der Waals surface area (Å²) in [5.41, 5.74) is 1.29. The maximum absolute atomic E-state index is 13.8. The van der Waals surface area contributed by atoms with Crippen LogP contribution in [0.4, 0.5) is 0 Å². The molecule has 8 bridgehead atoms. The van der Waals surface area contributed by atoms with Crippen molar-refractivity contribution in [1.82, 2.24) is 0 Å². The number of aliphatic hydroxyl groups is 4. The van der Waals surface area contributed by atoms with Crippen LogP contribution in [0, 0.1) is 11.8 Å². The first kappa shape index (κ1) is 42.3. The van der Waals surface area contributed by atoms with Crippen molar-refractivity contribution in [2.75, 3.05) is 20.3 Å². The highest BCUT2D eigenvalue weighted by Gasteiger charge is 2.49. The fourth-order valence-corrected chi connectivity index (χ4v) is 9.92. The highest BCUT2D eigenvalue weighted by atomic mass is 32.1. The minimum Gasteiger partial charge on any atom is -0.394 e. The molecule has 13 nitrogen and oxygen atoms in total. The molecule has 7 fully saturated rings. The van der Waals surface area contributed by atoms with Crippen molar-refractivity contribution in [1.29, 1.82) is 0 Å². The number of hydrogen-bond acceptors (Lipinski definition) is 14. The van der Waals surface area contributed by atoms with E-state index >= 15 is 0 Å². The molecule has 0 aliphatic carbocycles. The number of carbonyl (C=O) groups is 2. The normalized spacial score (nSPS) is 45.1. The van der Waals surface area contributed by atoms with Gasteiger partial charge in [0, 0.05) is 51.6 Å². The van der Waals surface area contributed by atoms with Crippen molar-refractivity contribution in [2.45, 2.75) is 181 Å². The molecular formula is C40H62O13S. The summed E-state index contributed by atoms with van der Waals surface area (Å²) >= 11 is 4.65. The van der Waals surface area contributed by atoms with Gasteiger partial charge in [-0.25, -0.2) is 0 Å². The van der Waals surface area contributed by atoms with Gasteiger partial charge < -0.3 is 53.6 Å². The van der Waals surface area contributed by atoms with Gasteiger partial charge in [0.15, 0.2) is 0 Å². The molecule has 4 N–H and O–H groups in total. The zero-order valence-electron chi connectivity index (χ0n) is 31.7. The van der Waals surface area contributed by atoms with Crippen LogP contribution in [0.25, 0.3) is 0 Å². The Kier molecular flexibility index (Phi) is 14.9. The standard InChI is InChI=1S/C40H62O13S/c1-20-11-27-7-9-30-21(2)12-26(48-30)6-5-23(43)15-34-37(46)39(36(19-42)52-34)53-31-10-8-28(50-40(31)54)13-24(44)14-29-33(17-32(49-27)22(20)3)51-35(38(29)47-4)16-25(45)18-41/h20,25-42,45-46,54H,2-3,5-19H2,1,4H3/t20-,25?,26?,27?,28-,29?,30+,31?,32?,33?,34-,35?,36?,37?,38-,39-,40-/m1/s1. The van der Waals surface area contributed by atoms with Crippen molar-refractivity contribution in [3.63, 3.8) is 0 Å². The monoisotopic (exact) mass is 782 g/mol. The Balaban J connectivity index is 1.20. The number of ketones is 2. The lowest BCUT2D eigenvalue weighted by atomic mass is 9.81. The van der Waals surface area contributed by atoms with Crippen LogP contribution in [0.1, 0.15) is 90.4 Å². The van der Waals surface area contributed by atoms with Crippen molar-refractivity contribution >= 4 is 24.2 Å². The van der Waals surface area contributed by atoms with Gasteiger partial charge in [0.05, 0.1) is 80.4 Å². The van der Waals surface area contributed by atoms with Gasteiger partial charge in [0.25, 0.3) is 0 Å². The Morgan fingerprint density at radius 3 is 2.24 bits per heavy atom. The molecule has 306 valence electrons. The molecule has 0 aromatic carbocycles. The first-order valence-electron chi connectivity index (χ1n) is 20.0. The molecule has 0 saturated carbocycles. The zero-order valence-corrected chi connectivity index (χ0v) is 32.6. The Morgan fingerprint density at radius 2 is 1.52 bits per heavy atom. The first-order valence-corrected chi connectivity index (χ1v) is 20.5. The minimum absolute atomic E-state index is 0.00643. The summed E-state index contributed by atoms with van der Waals surface area (Å²) in [4.78, 5) is 26.9. The van der Waals surface area contributed by atoms with E-state index in [1.807, 2.05) is 0 Å². The maximum atomic E-state index is 13.8. The van der Waals surface area contributed by atoms with E-state index in [1.165, 1.54) is 0 Å². The van der Waals surface area contributed by atoms with E-state index in [4.69, 9.17) is 33.2 Å². The number of carbonyl (C=O) groups excluding carboxylic acids is 2. The lowest BCUT2D eigenvalue weighted by Crippen LogP contribution is -2.45. The minimum atomic E-state index is -1.13. The Bertz CT molecular complexity index is 1310. The average molecular weight is 783 g/mol. The predicted octanol–water partition coefficient (Wildman–Crippen LogP) is 2.77. The SMILES string of the molecule is C=C1C2CC3OC(CC(O)CO)[C@H](OC)C3CC(=O)C[C@H]3CCC(O[C@@H]4C(CO)O[C@H](CC(=O)CCC5CC(=C)[C@H](CCC(C[C@H]1C)O2)O5)C4O)[C@@H](S)O3. The van der Waals surface area contributed by atoms with E-state index in [0.717, 1.165) is 30.4 Å². The number of thiol groups is 1. The van der Waals surface area contributed by atoms with E-state index in [-0.39, 0.29) is 86.5 Å². The number of methoxy groups -OCH3 is 1. The number of ether oxygens (including phenoxy) is 7. The summed E-state index contributed by atoms with van der Waals surface area (Å²) in [5, 5.41) is 41.3. The topological polar surface area (TPSA) is 180 Å². The van der Waals surface area contributed by atoms with E-state index in [9.17, 15) is 30.0 Å². The lowest BCUT2D eigenvalue weighted by Gasteiger charge is -2.38. The van der Waals surface area contributed by atoms with Crippen molar-refractivity contribution < 1.29 is 63.2 Å². The van der Waals surface area contributed by atoms with Gasteiger partial charge in [-0.15, -0.1) is 12.6 Å². The second kappa shape index (κ2) is 19.0. The van der Waals surface area contributed by atoms with Gasteiger partial charge in [-0.2, -0.15) is 0 Å². The smallest absolute Gasteiger partial charge is 0.135 e. The molecule has 0 amide bonds. The first-order chi connectivity index (χ1) is 25.9. The molecule has 7 rings (SSSR count). The van der Waals surface area contributed by atoms with Crippen LogP contribution < -0.4 is 0 Å². The third-order valence-corrected chi connectivity index (χ3v) is 13.0. The van der Waals surface area contributed by atoms with Crippen molar-refractivity contribution in [3.8, 4) is 0 Å². The highest BCUT2D eigenvalue weighted by molar-refractivity contribution is 7.80. The molecule has 54 heavy (non-hydrogen) atoms. The van der Waals surface area contributed by atoms with Crippen LogP contribution in [-0.4, -0.2) is 143 Å². The molecule has 0 radical (unpaired) electrons. The summed E-state index contributed by atoms with van der Waals surface area (Å²) in [5.74, 6) is -0.216. The van der Waals surface area contributed by atoms with Gasteiger partial charge in [-0.3, -0.25) is 9.59 Å². The van der Waals surface area contributed by atoms with Crippen LogP contribution in [0.2, 0.25) is 0 Å². The molecular weight excluding hydrogens is 720 g/mol. The Morgan fingerprint density at radius 1 is 0.796 bits per heavy atom. The van der Waals surface area contributed by atoms with Crippen LogP contribution in [0.3, 0.4) is 0 Å². The second-order valence-electron chi connectivity index (χ2n) is 16.5. The van der Waals surface area contributed by atoms with Gasteiger partial charge in [0.1, 0.15) is 35.3 Å². The highest BCUT2D eigenvalue weighted by Crippen LogP contribution is 2.42. The number of Topliss-reactive ketones (excluding diaryl/α,β-unsaturated/α-hetero) is 2. The van der Waals surface area contributed by atoms with Gasteiger partial charge in [-0.1, -0.05) is 20.1 Å². The molecule has 0 aromatic rings. The van der Waals surface area contributed by atoms with Gasteiger partial charge >= 0.3 is 0 Å². The summed E-state index contributed by atoms with van der Waals surface area (Å²) in [6, 6.07) is 0. The van der Waals surface area contributed by atoms with E-state index < -0.39 is 73.1 Å². The molecule has 14 heteroatoms. The summed E-state index contributed by atoms with van der Waals surface area (Å²) in [6.45, 7) is 10.1. The quantitative estimate of drug-likeness (QED) is 0.203. The molecule has 10 unspecified atom stereocenters. The fraction of sp³-hybridized carbons (Fsp3) is 0.850. The Hall–Kier alpha value is -1.27. The van der Waals surface area contributed by atoms with Crippen LogP contribution in [-0.2, 0) is 42.7 Å². The maximum Gasteiger partial charge on any atom is 0.135 e. The predicted molar refractivity (Wildman–Crippen MR) is 199 cm³/mol. The van der Waals surface area contributed by atoms with Crippen LogP contribution in [0.15, 0.2) is 24.3 Å². The lowest BCUT2D eigenvalue weighted by molar-refractivity contribution is -0.156. The van der Waals surface area contributed by atoms with Crippen molar-refractivity contribution in [2.24, 2.45) is 11.8 Å². The van der Waals surface area contributed by atoms with E-state index in [2.05, 4.69) is 32.7 Å². The summed E-state index contributed by atoms with van der Waals surface area (Å²) in [6.07, 6.45) is -1.93. The van der Waals surface area contributed by atoms with Gasteiger partial charge in [-0.05, 0) is 62.0 Å². The molecule has 0 spiro atoms. The van der Waals surface area contributed by atoms with Crippen molar-refractivity contribution in [3.05, 3.63) is 24.3 Å². The van der Waals surface area contributed by atoms with E-state index in [0.29, 0.717) is 32.1 Å². The molecule has 7 aliphatic rings. The number of rotatable bonds is 5. The van der Waals surface area contributed by atoms with E-state index in [1.54, 1.807) is 7.11 Å². The molecule has 7 saturated heterocycles. The number of fused-ring (bicyclic) bond motifs is 8. The molecule has 7 heterocycles. The van der Waals surface area contributed by atoms with Crippen LogP contribution in [0.5, 0.6) is 0 Å². The molecule has 17 atom stereocenters. The third-order valence-electron chi connectivity index (χ3n) is 12.6. The Labute approximate surface area is 324 Å². The zero-order chi connectivity index (χ0) is 38.7. The average Bonchev–Trinajstić information content (AvgIpc) is 3.76. The fourth-order valence-electron chi connectivity index (χ4n) is 9.53. The summed E-state index contributed by atoms with van der Waals surface area (Å²) < 4.78 is 44.0.